The molecule has 0 aliphatic rings. The van der Waals surface area contributed by atoms with Gasteiger partial charge in [0.2, 0.25) is 0 Å². The fraction of sp³-hybridized carbons (Fsp3) is 0. The second-order valence-electron chi connectivity index (χ2n) is 10.5. The van der Waals surface area contributed by atoms with Gasteiger partial charge in [-0.25, -0.2) is 0 Å². The van der Waals surface area contributed by atoms with Crippen LogP contribution in [-0.4, -0.2) is 4.57 Å². The molecule has 0 N–H and O–H groups in total. The Kier molecular flexibility index (Phi) is 3.81. The Bertz CT molecular complexity index is 2660. The molecule has 0 saturated heterocycles. The van der Waals surface area contributed by atoms with Gasteiger partial charge in [0.1, 0.15) is 16.7 Å². The molecule has 0 amide bonds. The topological polar surface area (TPSA) is 31.2 Å². The van der Waals surface area contributed by atoms with E-state index in [4.69, 9.17) is 8.83 Å². The number of para-hydroxylation sites is 3. The molecule has 0 aliphatic carbocycles. The molecular weight excluding hydrogens is 510 g/mol. The summed E-state index contributed by atoms with van der Waals surface area (Å²) in [6, 6.07) is 40.7. The summed E-state index contributed by atoms with van der Waals surface area (Å²) in [7, 11) is 0. The number of aromatic nitrogens is 1. The number of hydrogen-bond acceptors (Lipinski definition) is 3. The van der Waals surface area contributed by atoms with Crippen molar-refractivity contribution in [3.05, 3.63) is 115 Å². The largest absolute Gasteiger partial charge is 0.456 e. The molecule has 4 heteroatoms. The summed E-state index contributed by atoms with van der Waals surface area (Å²) in [4.78, 5) is 0. The zero-order chi connectivity index (χ0) is 25.9. The van der Waals surface area contributed by atoms with Gasteiger partial charge in [-0.15, -0.1) is 11.3 Å². The lowest BCUT2D eigenvalue weighted by Gasteiger charge is -2.09. The molecule has 0 spiro atoms. The molecule has 10 aromatic rings. The highest BCUT2D eigenvalue weighted by Gasteiger charge is 2.25. The summed E-state index contributed by atoms with van der Waals surface area (Å²) in [6.07, 6.45) is 0. The number of fused-ring (bicyclic) bond motifs is 15. The minimum atomic E-state index is 0.894. The highest BCUT2D eigenvalue weighted by molar-refractivity contribution is 7.27. The van der Waals surface area contributed by atoms with E-state index in [2.05, 4.69) is 108 Å². The zero-order valence-corrected chi connectivity index (χ0v) is 22.0. The molecule has 10 rings (SSSR count). The van der Waals surface area contributed by atoms with E-state index < -0.39 is 0 Å². The van der Waals surface area contributed by atoms with Crippen LogP contribution in [0.4, 0.5) is 0 Å². The molecule has 40 heavy (non-hydrogen) atoms. The number of nitrogens with zero attached hydrogens (tertiary/aromatic N) is 1. The van der Waals surface area contributed by atoms with Crippen molar-refractivity contribution in [1.82, 2.24) is 4.57 Å². The molecule has 0 aliphatic heterocycles. The summed E-state index contributed by atoms with van der Waals surface area (Å²) >= 11 is 1.86. The maximum atomic E-state index is 6.77. The first-order valence-electron chi connectivity index (χ1n) is 13.4. The van der Waals surface area contributed by atoms with Crippen LogP contribution in [-0.2, 0) is 0 Å². The molecule has 0 fully saturated rings. The van der Waals surface area contributed by atoms with Crippen LogP contribution < -0.4 is 0 Å². The third kappa shape index (κ3) is 2.50. The predicted molar refractivity (Wildman–Crippen MR) is 168 cm³/mol. The molecule has 6 aromatic carbocycles. The van der Waals surface area contributed by atoms with Gasteiger partial charge in [-0.3, -0.25) is 0 Å². The van der Waals surface area contributed by atoms with E-state index in [1.54, 1.807) is 0 Å². The van der Waals surface area contributed by atoms with Crippen molar-refractivity contribution >= 4 is 97.2 Å². The minimum Gasteiger partial charge on any atom is -0.456 e. The number of hydrogen-bond donors (Lipinski definition) is 0. The fourth-order valence-electron chi connectivity index (χ4n) is 6.74. The van der Waals surface area contributed by atoms with Gasteiger partial charge in [-0.2, -0.15) is 0 Å². The highest BCUT2D eigenvalue weighted by atomic mass is 32.1. The summed E-state index contributed by atoms with van der Waals surface area (Å²) in [5.74, 6) is 0. The SMILES string of the molecule is c1ccc2c(c1)oc1ccc(-n3c4ccccc4c4c5c6ccccc6sc5c5c6ccccc6oc5c43)cc12. The maximum absolute atomic E-state index is 6.77. The van der Waals surface area contributed by atoms with Gasteiger partial charge in [0.15, 0.2) is 5.58 Å². The van der Waals surface area contributed by atoms with Crippen molar-refractivity contribution in [3.63, 3.8) is 0 Å². The highest BCUT2D eigenvalue weighted by Crippen LogP contribution is 2.50. The number of furan rings is 2. The Balaban J connectivity index is 1.50. The molecule has 3 nitrogen and oxygen atoms in total. The number of thiophene rings is 1. The first-order chi connectivity index (χ1) is 19.8. The Hall–Kier alpha value is -5.06. The van der Waals surface area contributed by atoms with Crippen LogP contribution in [0.3, 0.4) is 0 Å². The van der Waals surface area contributed by atoms with Gasteiger partial charge in [0.05, 0.1) is 11.0 Å². The standard InChI is InChI=1S/C36H19NO2S/c1-5-13-26-22(10-1)31-32-24-12-4-8-16-30(24)40-36(32)33-23-11-3-7-15-28(23)39-35(33)34(31)37(26)20-17-18-29-25(19-20)21-9-2-6-14-27(21)38-29/h1-19H. The van der Waals surface area contributed by atoms with Crippen LogP contribution in [0.2, 0.25) is 0 Å². The lowest BCUT2D eigenvalue weighted by Crippen LogP contribution is -1.94. The van der Waals surface area contributed by atoms with Crippen LogP contribution in [0, 0.1) is 0 Å². The normalized spacial score (nSPS) is 12.5. The summed E-state index contributed by atoms with van der Waals surface area (Å²) in [6.45, 7) is 0. The maximum Gasteiger partial charge on any atom is 0.161 e. The summed E-state index contributed by atoms with van der Waals surface area (Å²) in [5, 5.41) is 9.65. The molecule has 0 saturated carbocycles. The van der Waals surface area contributed by atoms with E-state index >= 15 is 0 Å². The first kappa shape index (κ1) is 20.8. The Morgan fingerprint density at radius 1 is 0.500 bits per heavy atom. The summed E-state index contributed by atoms with van der Waals surface area (Å²) < 4.78 is 17.9. The van der Waals surface area contributed by atoms with Crippen molar-refractivity contribution in [2.45, 2.75) is 0 Å². The quantitative estimate of drug-likeness (QED) is 0.212. The van der Waals surface area contributed by atoms with Crippen molar-refractivity contribution < 1.29 is 8.83 Å². The Morgan fingerprint density at radius 3 is 2.05 bits per heavy atom. The van der Waals surface area contributed by atoms with Gasteiger partial charge in [0, 0.05) is 58.2 Å². The van der Waals surface area contributed by atoms with Crippen LogP contribution in [0.25, 0.3) is 91.5 Å². The average Bonchev–Trinajstić information content (AvgIpc) is 3.75. The van der Waals surface area contributed by atoms with Gasteiger partial charge in [-0.1, -0.05) is 72.8 Å². The fourth-order valence-corrected chi connectivity index (χ4v) is 8.00. The van der Waals surface area contributed by atoms with Gasteiger partial charge in [0.25, 0.3) is 0 Å². The molecule has 4 aromatic heterocycles. The van der Waals surface area contributed by atoms with Crippen molar-refractivity contribution in [3.8, 4) is 5.69 Å². The van der Waals surface area contributed by atoms with Crippen molar-refractivity contribution in [2.75, 3.05) is 0 Å². The molecule has 186 valence electrons. The second-order valence-corrected chi connectivity index (χ2v) is 11.5. The zero-order valence-electron chi connectivity index (χ0n) is 21.1. The molecule has 0 unspecified atom stereocenters. The number of benzene rings is 6. The molecule has 0 atom stereocenters. The van der Waals surface area contributed by atoms with Gasteiger partial charge >= 0.3 is 0 Å². The van der Waals surface area contributed by atoms with Crippen molar-refractivity contribution in [2.24, 2.45) is 0 Å². The molecule has 4 heterocycles. The van der Waals surface area contributed by atoms with Crippen LogP contribution in [0.1, 0.15) is 0 Å². The lowest BCUT2D eigenvalue weighted by molar-refractivity contribution is 0.669. The Morgan fingerprint density at radius 2 is 1.18 bits per heavy atom. The third-order valence-electron chi connectivity index (χ3n) is 8.38. The third-order valence-corrected chi connectivity index (χ3v) is 9.56. The van der Waals surface area contributed by atoms with E-state index in [0.29, 0.717) is 0 Å². The molecule has 0 bridgehead atoms. The second kappa shape index (κ2) is 7.32. The number of rotatable bonds is 1. The van der Waals surface area contributed by atoms with E-state index in [9.17, 15) is 0 Å². The molecule has 0 radical (unpaired) electrons. The Labute approximate surface area is 231 Å². The van der Waals surface area contributed by atoms with Crippen LogP contribution >= 0.6 is 11.3 Å². The van der Waals surface area contributed by atoms with E-state index in [1.807, 2.05) is 23.5 Å². The van der Waals surface area contributed by atoms with E-state index in [0.717, 1.165) is 55.2 Å². The van der Waals surface area contributed by atoms with Crippen LogP contribution in [0.15, 0.2) is 124 Å². The average molecular weight is 530 g/mol. The monoisotopic (exact) mass is 529 g/mol. The van der Waals surface area contributed by atoms with E-state index in [1.165, 1.54) is 36.3 Å². The van der Waals surface area contributed by atoms with Crippen LogP contribution in [0.5, 0.6) is 0 Å². The smallest absolute Gasteiger partial charge is 0.161 e. The van der Waals surface area contributed by atoms with Gasteiger partial charge in [-0.05, 0) is 42.5 Å². The minimum absolute atomic E-state index is 0.894. The van der Waals surface area contributed by atoms with E-state index in [-0.39, 0.29) is 0 Å². The lowest BCUT2D eigenvalue weighted by atomic mass is 10.0. The first-order valence-corrected chi connectivity index (χ1v) is 14.3. The molecular formula is C36H19NO2S. The van der Waals surface area contributed by atoms with Gasteiger partial charge < -0.3 is 13.4 Å². The summed E-state index contributed by atoms with van der Waals surface area (Å²) in [5.41, 5.74) is 7.00. The predicted octanol–water partition coefficient (Wildman–Crippen LogP) is 11.0. The van der Waals surface area contributed by atoms with Crippen molar-refractivity contribution in [1.29, 1.82) is 0 Å².